The highest BCUT2D eigenvalue weighted by molar-refractivity contribution is 5.85. The van der Waals surface area contributed by atoms with E-state index in [-0.39, 0.29) is 42.6 Å². The van der Waals surface area contributed by atoms with Crippen LogP contribution in [0.3, 0.4) is 0 Å². The minimum Gasteiger partial charge on any atom is -0.497 e. The number of likely N-dealkylation sites (N-methyl/N-ethyl adjacent to an activating group) is 1. The average Bonchev–Trinajstić information content (AvgIpc) is 3.31. The van der Waals surface area contributed by atoms with Crippen LogP contribution in [0, 0.1) is 17.7 Å². The highest BCUT2D eigenvalue weighted by Gasteiger charge is 2.46. The Morgan fingerprint density at radius 3 is 2.45 bits per heavy atom. The summed E-state index contributed by atoms with van der Waals surface area (Å²) in [6.07, 6.45) is 0. The number of methoxy groups -OCH3 is 1. The minimum atomic E-state index is -0.243. The Labute approximate surface area is 195 Å². The van der Waals surface area contributed by atoms with E-state index in [9.17, 15) is 9.18 Å². The van der Waals surface area contributed by atoms with Crippen molar-refractivity contribution >= 4 is 30.7 Å². The van der Waals surface area contributed by atoms with Crippen molar-refractivity contribution in [3.05, 3.63) is 65.5 Å². The second-order valence-electron chi connectivity index (χ2n) is 8.15. The normalized spacial score (nSPS) is 21.9. The lowest BCUT2D eigenvalue weighted by atomic mass is 9.89. The van der Waals surface area contributed by atoms with E-state index in [2.05, 4.69) is 22.3 Å². The van der Waals surface area contributed by atoms with Crippen molar-refractivity contribution in [3.63, 3.8) is 0 Å². The lowest BCUT2D eigenvalue weighted by molar-refractivity contribution is -0.133. The number of nitrogens with zero attached hydrogens (tertiary/aromatic N) is 2. The molecule has 170 valence electrons. The van der Waals surface area contributed by atoms with Gasteiger partial charge in [-0.3, -0.25) is 9.69 Å². The highest BCUT2D eigenvalue weighted by atomic mass is 35.5. The monoisotopic (exact) mass is 469 g/mol. The van der Waals surface area contributed by atoms with Crippen LogP contribution >= 0.6 is 24.8 Å². The maximum absolute atomic E-state index is 13.2. The summed E-state index contributed by atoms with van der Waals surface area (Å²) in [4.78, 5) is 17.3. The number of halogens is 3. The fourth-order valence-corrected chi connectivity index (χ4v) is 4.68. The SMILES string of the molecule is COc1ccc([C@H]2[C@H]3CNC[C@H]3CN2C(=O)CN(C)Cc2ccc(F)cc2)cc1.Cl.Cl. The standard InChI is InChI=1S/C23H28FN3O2.2ClH/c1-26(13-16-3-7-19(24)8-4-16)15-22(28)27-14-18-11-25-12-21(18)23(27)17-5-9-20(29-2)10-6-17;;/h3-10,18,21,23,25H,11-15H2,1-2H3;2*1H/t18-,21-,23-;;/m0../s1. The third kappa shape index (κ3) is 5.69. The van der Waals surface area contributed by atoms with Gasteiger partial charge in [-0.05, 0) is 48.4 Å². The van der Waals surface area contributed by atoms with Crippen LogP contribution in [0.1, 0.15) is 17.2 Å². The molecule has 2 heterocycles. The van der Waals surface area contributed by atoms with Crippen LogP contribution in [0.25, 0.3) is 0 Å². The summed E-state index contributed by atoms with van der Waals surface area (Å²) in [7, 11) is 3.59. The lowest BCUT2D eigenvalue weighted by Gasteiger charge is -2.30. The van der Waals surface area contributed by atoms with Gasteiger partial charge in [0.25, 0.3) is 0 Å². The number of ether oxygens (including phenoxy) is 1. The Balaban J connectivity index is 0.00000171. The molecular formula is C23H30Cl2FN3O2. The molecule has 0 radical (unpaired) electrons. The Hall–Kier alpha value is -1.86. The van der Waals surface area contributed by atoms with E-state index in [0.29, 0.717) is 24.9 Å². The van der Waals surface area contributed by atoms with Gasteiger partial charge in [-0.2, -0.15) is 0 Å². The quantitative estimate of drug-likeness (QED) is 0.702. The smallest absolute Gasteiger partial charge is 0.237 e. The molecule has 31 heavy (non-hydrogen) atoms. The molecule has 0 bridgehead atoms. The molecule has 1 N–H and O–H groups in total. The van der Waals surface area contributed by atoms with E-state index in [1.807, 2.05) is 24.1 Å². The number of nitrogens with one attached hydrogen (secondary N) is 1. The van der Waals surface area contributed by atoms with Crippen molar-refractivity contribution in [1.29, 1.82) is 0 Å². The van der Waals surface area contributed by atoms with Crippen LogP contribution in [0.2, 0.25) is 0 Å². The fourth-order valence-electron chi connectivity index (χ4n) is 4.68. The van der Waals surface area contributed by atoms with E-state index >= 15 is 0 Å². The second-order valence-corrected chi connectivity index (χ2v) is 8.15. The van der Waals surface area contributed by atoms with Gasteiger partial charge in [0.2, 0.25) is 5.91 Å². The molecule has 2 aromatic carbocycles. The Kier molecular flexibility index (Phi) is 9.13. The largest absolute Gasteiger partial charge is 0.497 e. The highest BCUT2D eigenvalue weighted by Crippen LogP contribution is 2.43. The number of benzene rings is 2. The van der Waals surface area contributed by atoms with Crippen LogP contribution in [-0.4, -0.2) is 56.0 Å². The number of likely N-dealkylation sites (tertiary alicyclic amines) is 1. The molecular weight excluding hydrogens is 440 g/mol. The number of hydrogen-bond donors (Lipinski definition) is 1. The molecule has 0 saturated carbocycles. The molecule has 5 nitrogen and oxygen atoms in total. The van der Waals surface area contributed by atoms with Crippen LogP contribution in [0.4, 0.5) is 4.39 Å². The number of rotatable bonds is 6. The van der Waals surface area contributed by atoms with E-state index in [1.54, 1.807) is 19.2 Å². The third-order valence-electron chi connectivity index (χ3n) is 6.11. The Morgan fingerprint density at radius 2 is 1.81 bits per heavy atom. The zero-order valence-electron chi connectivity index (χ0n) is 17.8. The van der Waals surface area contributed by atoms with Crippen molar-refractivity contribution in [2.24, 2.45) is 11.8 Å². The van der Waals surface area contributed by atoms with Gasteiger partial charge in [0.15, 0.2) is 0 Å². The number of carbonyl (C=O) groups excluding carboxylic acids is 1. The van der Waals surface area contributed by atoms with Crippen molar-refractivity contribution in [2.75, 3.05) is 40.3 Å². The lowest BCUT2D eigenvalue weighted by Crippen LogP contribution is -2.40. The second kappa shape index (κ2) is 11.1. The molecule has 0 spiro atoms. The number of hydrogen-bond acceptors (Lipinski definition) is 4. The van der Waals surface area contributed by atoms with Gasteiger partial charge in [0.05, 0.1) is 19.7 Å². The first-order valence-electron chi connectivity index (χ1n) is 10.1. The summed E-state index contributed by atoms with van der Waals surface area (Å²) in [5.74, 6) is 1.66. The van der Waals surface area contributed by atoms with Gasteiger partial charge in [-0.1, -0.05) is 24.3 Å². The van der Waals surface area contributed by atoms with E-state index in [0.717, 1.165) is 36.5 Å². The molecule has 2 aliphatic heterocycles. The summed E-state index contributed by atoms with van der Waals surface area (Å²) in [5, 5.41) is 3.48. The van der Waals surface area contributed by atoms with Gasteiger partial charge >= 0.3 is 0 Å². The summed E-state index contributed by atoms with van der Waals surface area (Å²) in [6, 6.07) is 14.6. The van der Waals surface area contributed by atoms with Crippen molar-refractivity contribution in [3.8, 4) is 5.75 Å². The first kappa shape index (κ1) is 25.4. The molecule has 1 amide bonds. The molecule has 2 fully saturated rings. The van der Waals surface area contributed by atoms with Crippen molar-refractivity contribution in [1.82, 2.24) is 15.1 Å². The minimum absolute atomic E-state index is 0. The molecule has 2 aliphatic rings. The van der Waals surface area contributed by atoms with Gasteiger partial charge in [0, 0.05) is 32.1 Å². The van der Waals surface area contributed by atoms with Gasteiger partial charge in [-0.15, -0.1) is 24.8 Å². The molecule has 2 saturated heterocycles. The molecule has 3 atom stereocenters. The number of amides is 1. The maximum atomic E-state index is 13.2. The van der Waals surface area contributed by atoms with Gasteiger partial charge < -0.3 is 15.0 Å². The fraction of sp³-hybridized carbons (Fsp3) is 0.435. The summed E-state index contributed by atoms with van der Waals surface area (Å²) in [5.41, 5.74) is 2.16. The molecule has 4 rings (SSSR count). The van der Waals surface area contributed by atoms with Crippen LogP contribution in [0.15, 0.2) is 48.5 Å². The van der Waals surface area contributed by atoms with Crippen molar-refractivity contribution < 1.29 is 13.9 Å². The predicted molar refractivity (Wildman–Crippen MR) is 125 cm³/mol. The van der Waals surface area contributed by atoms with E-state index in [1.165, 1.54) is 12.1 Å². The maximum Gasteiger partial charge on any atom is 0.237 e. The number of carbonyl (C=O) groups is 1. The molecule has 0 aliphatic carbocycles. The first-order chi connectivity index (χ1) is 14.0. The first-order valence-corrected chi connectivity index (χ1v) is 10.1. The Bertz CT molecular complexity index is 851. The van der Waals surface area contributed by atoms with Crippen LogP contribution in [-0.2, 0) is 11.3 Å². The molecule has 0 unspecified atom stereocenters. The zero-order valence-corrected chi connectivity index (χ0v) is 19.4. The summed E-state index contributed by atoms with van der Waals surface area (Å²) in [6.45, 7) is 3.65. The van der Waals surface area contributed by atoms with Crippen LogP contribution < -0.4 is 10.1 Å². The zero-order chi connectivity index (χ0) is 20.4. The molecule has 2 aromatic rings. The van der Waals surface area contributed by atoms with Crippen molar-refractivity contribution in [2.45, 2.75) is 12.6 Å². The predicted octanol–water partition coefficient (Wildman–Crippen LogP) is 3.53. The molecule has 8 heteroatoms. The molecule has 0 aromatic heterocycles. The van der Waals surface area contributed by atoms with E-state index in [4.69, 9.17) is 4.74 Å². The summed E-state index contributed by atoms with van der Waals surface area (Å²) >= 11 is 0. The van der Waals surface area contributed by atoms with E-state index < -0.39 is 0 Å². The Morgan fingerprint density at radius 1 is 1.13 bits per heavy atom. The topological polar surface area (TPSA) is 44.8 Å². The third-order valence-corrected chi connectivity index (χ3v) is 6.11. The van der Waals surface area contributed by atoms with Gasteiger partial charge in [0.1, 0.15) is 11.6 Å². The number of fused-ring (bicyclic) bond motifs is 1. The van der Waals surface area contributed by atoms with Gasteiger partial charge in [-0.25, -0.2) is 4.39 Å². The average molecular weight is 470 g/mol. The summed E-state index contributed by atoms with van der Waals surface area (Å²) < 4.78 is 18.4. The van der Waals surface area contributed by atoms with Crippen LogP contribution in [0.5, 0.6) is 5.75 Å².